The average Bonchev–Trinajstić information content (AvgIpc) is 2.42. The summed E-state index contributed by atoms with van der Waals surface area (Å²) < 4.78 is 0. The minimum absolute atomic E-state index is 0.00807. The maximum atomic E-state index is 11.6. The summed E-state index contributed by atoms with van der Waals surface area (Å²) in [5.41, 5.74) is 1.56. The van der Waals surface area contributed by atoms with Crippen molar-refractivity contribution >= 4 is 5.91 Å². The van der Waals surface area contributed by atoms with E-state index in [9.17, 15) is 4.79 Å². The summed E-state index contributed by atoms with van der Waals surface area (Å²) >= 11 is 0. The molecule has 1 atom stereocenters. The Bertz CT molecular complexity index is 437. The lowest BCUT2D eigenvalue weighted by molar-refractivity contribution is -0.122. The van der Waals surface area contributed by atoms with Gasteiger partial charge in [-0.1, -0.05) is 25.1 Å². The SMILES string of the molecule is CCCNC(=O)C(C)NCc1ccccc1C#N. The molecule has 4 nitrogen and oxygen atoms in total. The number of rotatable bonds is 6. The number of benzene rings is 1. The van der Waals surface area contributed by atoms with Crippen molar-refractivity contribution < 1.29 is 4.79 Å². The number of hydrogen-bond acceptors (Lipinski definition) is 3. The van der Waals surface area contributed by atoms with Crippen LogP contribution in [0.1, 0.15) is 31.4 Å². The van der Waals surface area contributed by atoms with Crippen LogP contribution in [0.2, 0.25) is 0 Å². The van der Waals surface area contributed by atoms with Crippen molar-refractivity contribution in [2.24, 2.45) is 0 Å². The molecule has 0 heterocycles. The normalized spacial score (nSPS) is 11.6. The van der Waals surface area contributed by atoms with E-state index in [1.54, 1.807) is 6.07 Å². The van der Waals surface area contributed by atoms with Gasteiger partial charge in [-0.3, -0.25) is 4.79 Å². The fourth-order valence-electron chi connectivity index (χ4n) is 1.54. The van der Waals surface area contributed by atoms with Crippen LogP contribution in [0, 0.1) is 11.3 Å². The largest absolute Gasteiger partial charge is 0.355 e. The lowest BCUT2D eigenvalue weighted by Crippen LogP contribution is -2.42. The predicted molar refractivity (Wildman–Crippen MR) is 70.8 cm³/mol. The molecule has 1 aromatic carbocycles. The van der Waals surface area contributed by atoms with Gasteiger partial charge in [-0.15, -0.1) is 0 Å². The zero-order valence-electron chi connectivity index (χ0n) is 10.9. The van der Waals surface area contributed by atoms with Crippen molar-refractivity contribution in [2.45, 2.75) is 32.9 Å². The number of carbonyl (C=O) groups is 1. The Morgan fingerprint density at radius 2 is 2.17 bits per heavy atom. The van der Waals surface area contributed by atoms with Crippen molar-refractivity contribution in [1.29, 1.82) is 5.26 Å². The van der Waals surface area contributed by atoms with Crippen LogP contribution < -0.4 is 10.6 Å². The Morgan fingerprint density at radius 1 is 1.44 bits per heavy atom. The molecular weight excluding hydrogens is 226 g/mol. The smallest absolute Gasteiger partial charge is 0.236 e. The molecule has 0 saturated heterocycles. The van der Waals surface area contributed by atoms with E-state index in [4.69, 9.17) is 5.26 Å². The second kappa shape index (κ2) is 7.46. The van der Waals surface area contributed by atoms with Gasteiger partial charge in [0.25, 0.3) is 0 Å². The molecule has 1 unspecified atom stereocenters. The van der Waals surface area contributed by atoms with E-state index in [1.807, 2.05) is 32.0 Å². The number of nitrogens with one attached hydrogen (secondary N) is 2. The molecule has 0 radical (unpaired) electrons. The number of hydrogen-bond donors (Lipinski definition) is 2. The molecule has 0 aliphatic carbocycles. The highest BCUT2D eigenvalue weighted by molar-refractivity contribution is 5.81. The Labute approximate surface area is 108 Å². The zero-order valence-corrected chi connectivity index (χ0v) is 10.9. The molecule has 0 bridgehead atoms. The predicted octanol–water partition coefficient (Wildman–Crippen LogP) is 1.56. The van der Waals surface area contributed by atoms with Crippen molar-refractivity contribution in [3.63, 3.8) is 0 Å². The first-order valence-electron chi connectivity index (χ1n) is 6.18. The van der Waals surface area contributed by atoms with Gasteiger partial charge in [-0.25, -0.2) is 0 Å². The third-order valence-corrected chi connectivity index (χ3v) is 2.68. The molecule has 0 aliphatic rings. The topological polar surface area (TPSA) is 64.9 Å². The maximum absolute atomic E-state index is 11.6. The van der Waals surface area contributed by atoms with Crippen molar-refractivity contribution in [3.05, 3.63) is 35.4 Å². The molecule has 0 fully saturated rings. The Balaban J connectivity index is 2.50. The molecular formula is C14H19N3O. The lowest BCUT2D eigenvalue weighted by atomic mass is 10.1. The molecule has 1 aromatic rings. The molecule has 1 rings (SSSR count). The van der Waals surface area contributed by atoms with E-state index >= 15 is 0 Å². The zero-order chi connectivity index (χ0) is 13.4. The van der Waals surface area contributed by atoms with Gasteiger partial charge in [0.1, 0.15) is 0 Å². The molecule has 1 amide bonds. The summed E-state index contributed by atoms with van der Waals surface area (Å²) in [6.07, 6.45) is 0.926. The Hall–Kier alpha value is -1.86. The van der Waals surface area contributed by atoms with Crippen LogP contribution in [-0.4, -0.2) is 18.5 Å². The Kier molecular flexibility index (Phi) is 5.89. The Morgan fingerprint density at radius 3 is 2.83 bits per heavy atom. The van der Waals surface area contributed by atoms with Crippen molar-refractivity contribution in [2.75, 3.05) is 6.54 Å². The van der Waals surface area contributed by atoms with Crippen molar-refractivity contribution in [1.82, 2.24) is 10.6 Å². The van der Waals surface area contributed by atoms with Gasteiger partial charge in [-0.05, 0) is 25.0 Å². The first-order chi connectivity index (χ1) is 8.69. The standard InChI is InChI=1S/C14H19N3O/c1-3-8-16-14(18)11(2)17-10-13-7-5-4-6-12(13)9-15/h4-7,11,17H,3,8,10H2,1-2H3,(H,16,18). The molecule has 0 aliphatic heterocycles. The van der Waals surface area contributed by atoms with Gasteiger partial charge in [0.15, 0.2) is 0 Å². The second-order valence-electron chi connectivity index (χ2n) is 4.16. The van der Waals surface area contributed by atoms with Crippen LogP contribution in [0.25, 0.3) is 0 Å². The van der Waals surface area contributed by atoms with Gasteiger partial charge in [-0.2, -0.15) is 5.26 Å². The quantitative estimate of drug-likeness (QED) is 0.799. The monoisotopic (exact) mass is 245 g/mol. The molecule has 96 valence electrons. The minimum atomic E-state index is -0.261. The number of nitriles is 1. The van der Waals surface area contributed by atoms with Crippen molar-refractivity contribution in [3.8, 4) is 6.07 Å². The third kappa shape index (κ3) is 4.19. The van der Waals surface area contributed by atoms with E-state index in [2.05, 4.69) is 16.7 Å². The first kappa shape index (κ1) is 14.2. The van der Waals surface area contributed by atoms with E-state index < -0.39 is 0 Å². The highest BCUT2D eigenvalue weighted by Gasteiger charge is 2.11. The number of amides is 1. The summed E-state index contributed by atoms with van der Waals surface area (Å²) in [7, 11) is 0. The van der Waals surface area contributed by atoms with Crippen LogP contribution in [0.15, 0.2) is 24.3 Å². The van der Waals surface area contributed by atoms with E-state index in [-0.39, 0.29) is 11.9 Å². The second-order valence-corrected chi connectivity index (χ2v) is 4.16. The molecule has 4 heteroatoms. The van der Waals surface area contributed by atoms with E-state index in [0.29, 0.717) is 18.7 Å². The molecule has 0 spiro atoms. The van der Waals surface area contributed by atoms with Gasteiger partial charge in [0, 0.05) is 13.1 Å². The van der Waals surface area contributed by atoms with Gasteiger partial charge in [0.05, 0.1) is 17.7 Å². The summed E-state index contributed by atoms with van der Waals surface area (Å²) in [5, 5.41) is 14.9. The summed E-state index contributed by atoms with van der Waals surface area (Å²) in [4.78, 5) is 11.6. The van der Waals surface area contributed by atoms with Crippen LogP contribution in [0.5, 0.6) is 0 Å². The molecule has 18 heavy (non-hydrogen) atoms. The highest BCUT2D eigenvalue weighted by atomic mass is 16.2. The molecule has 0 aromatic heterocycles. The highest BCUT2D eigenvalue weighted by Crippen LogP contribution is 2.06. The maximum Gasteiger partial charge on any atom is 0.236 e. The third-order valence-electron chi connectivity index (χ3n) is 2.68. The summed E-state index contributed by atoms with van der Waals surface area (Å²) in [6, 6.07) is 9.27. The fourth-order valence-corrected chi connectivity index (χ4v) is 1.54. The molecule has 0 saturated carbocycles. The first-order valence-corrected chi connectivity index (χ1v) is 6.18. The minimum Gasteiger partial charge on any atom is -0.355 e. The van der Waals surface area contributed by atoms with Crippen LogP contribution in [-0.2, 0) is 11.3 Å². The van der Waals surface area contributed by atoms with E-state index in [1.165, 1.54) is 0 Å². The van der Waals surface area contributed by atoms with Gasteiger partial charge >= 0.3 is 0 Å². The number of carbonyl (C=O) groups excluding carboxylic acids is 1. The van der Waals surface area contributed by atoms with Gasteiger partial charge in [0.2, 0.25) is 5.91 Å². The summed E-state index contributed by atoms with van der Waals surface area (Å²) in [5.74, 6) is -0.00807. The number of nitrogens with zero attached hydrogens (tertiary/aromatic N) is 1. The van der Waals surface area contributed by atoms with Crippen LogP contribution in [0.4, 0.5) is 0 Å². The van der Waals surface area contributed by atoms with Gasteiger partial charge < -0.3 is 10.6 Å². The molecule has 2 N–H and O–H groups in total. The van der Waals surface area contributed by atoms with E-state index in [0.717, 1.165) is 12.0 Å². The van der Waals surface area contributed by atoms with Crippen LogP contribution in [0.3, 0.4) is 0 Å². The summed E-state index contributed by atoms with van der Waals surface area (Å²) in [6.45, 7) is 5.05. The lowest BCUT2D eigenvalue weighted by Gasteiger charge is -2.14. The fraction of sp³-hybridized carbons (Fsp3) is 0.429. The van der Waals surface area contributed by atoms with Crippen LogP contribution >= 0.6 is 0 Å². The average molecular weight is 245 g/mol.